The van der Waals surface area contributed by atoms with Crippen LogP contribution in [0.1, 0.15) is 32.0 Å². The Balaban J connectivity index is 1.86. The third kappa shape index (κ3) is 6.14. The van der Waals surface area contributed by atoms with Gasteiger partial charge in [0, 0.05) is 0 Å². The zero-order valence-electron chi connectivity index (χ0n) is 20.8. The number of aromatic nitrogens is 2. The van der Waals surface area contributed by atoms with E-state index in [1.165, 1.54) is 44.2 Å². The van der Waals surface area contributed by atoms with Crippen LogP contribution in [0.15, 0.2) is 48.5 Å². The molecule has 0 aliphatic rings. The maximum atomic E-state index is 6.22. The van der Waals surface area contributed by atoms with Crippen molar-refractivity contribution in [2.45, 2.75) is 66.5 Å². The first kappa shape index (κ1) is 25.3. The predicted molar refractivity (Wildman–Crippen MR) is 146 cm³/mol. The quantitative estimate of drug-likeness (QED) is 0.184. The topological polar surface area (TPSA) is 27.1 Å². The molecule has 2 aromatic carbocycles. The average Bonchev–Trinajstić information content (AvgIpc) is 3.15. The zero-order valence-corrected chi connectivity index (χ0v) is 24.7. The van der Waals surface area contributed by atoms with Crippen LogP contribution < -0.4 is 3.58 Å². The van der Waals surface area contributed by atoms with Crippen molar-refractivity contribution in [2.24, 2.45) is 0 Å². The summed E-state index contributed by atoms with van der Waals surface area (Å²) in [4.78, 5) is 7.40. The molecule has 0 unspecified atom stereocenters. The van der Waals surface area contributed by atoms with Crippen LogP contribution in [-0.4, -0.2) is 42.8 Å². The second kappa shape index (κ2) is 11.2. The van der Waals surface area contributed by atoms with Crippen LogP contribution in [0.5, 0.6) is 0 Å². The van der Waals surface area contributed by atoms with Crippen LogP contribution >= 0.6 is 0 Å². The first-order chi connectivity index (χ1) is 15.3. The fraction of sp³-hybridized carbons (Fsp3) is 0.444. The van der Waals surface area contributed by atoms with Gasteiger partial charge in [-0.15, -0.1) is 0 Å². The number of hydrogen-bond acceptors (Lipinski definition) is 2. The van der Waals surface area contributed by atoms with Gasteiger partial charge in [-0.05, 0) is 0 Å². The molecule has 0 N–H and O–H groups in total. The molecule has 0 atom stereocenters. The minimum absolute atomic E-state index is 0.528. The average molecular weight is 555 g/mol. The van der Waals surface area contributed by atoms with Gasteiger partial charge in [-0.1, -0.05) is 0 Å². The van der Waals surface area contributed by atoms with Gasteiger partial charge in [-0.2, -0.15) is 0 Å². The van der Waals surface area contributed by atoms with Gasteiger partial charge in [0.15, 0.2) is 0 Å². The molecule has 0 fully saturated rings. The summed E-state index contributed by atoms with van der Waals surface area (Å²) in [6.07, 6.45) is 4.28. The van der Waals surface area contributed by atoms with E-state index in [-0.39, 0.29) is 0 Å². The summed E-state index contributed by atoms with van der Waals surface area (Å²) < 4.78 is 9.82. The SMILES string of the molecule is CC[Si](CC)(CC)CCOCn1nc(C=Cc2ccccc2)c2cc[c]([Sn]([CH3])([CH3])[CH3])cc21. The van der Waals surface area contributed by atoms with E-state index in [1.807, 2.05) is 6.07 Å². The molecule has 0 aliphatic carbocycles. The van der Waals surface area contributed by atoms with Crippen molar-refractivity contribution in [3.63, 3.8) is 0 Å². The third-order valence-corrected chi connectivity index (χ3v) is 18.7. The Morgan fingerprint density at radius 3 is 2.25 bits per heavy atom. The van der Waals surface area contributed by atoms with Gasteiger partial charge in [0.1, 0.15) is 0 Å². The molecule has 0 radical (unpaired) electrons. The monoisotopic (exact) mass is 556 g/mol. The molecular weight excluding hydrogens is 515 g/mol. The van der Waals surface area contributed by atoms with Gasteiger partial charge in [0.05, 0.1) is 0 Å². The van der Waals surface area contributed by atoms with E-state index in [2.05, 4.69) is 94.9 Å². The summed E-state index contributed by atoms with van der Waals surface area (Å²) in [7, 11) is -1.15. The van der Waals surface area contributed by atoms with E-state index in [9.17, 15) is 0 Å². The van der Waals surface area contributed by atoms with Crippen molar-refractivity contribution >= 4 is 53.1 Å². The summed E-state index contributed by atoms with van der Waals surface area (Å²) in [5.41, 5.74) is 3.41. The van der Waals surface area contributed by atoms with Crippen molar-refractivity contribution in [1.29, 1.82) is 0 Å². The van der Waals surface area contributed by atoms with Crippen LogP contribution in [0, 0.1) is 0 Å². The summed E-state index contributed by atoms with van der Waals surface area (Å²) >= 11 is -2.18. The van der Waals surface area contributed by atoms with E-state index in [0.29, 0.717) is 6.73 Å². The van der Waals surface area contributed by atoms with Crippen molar-refractivity contribution in [2.75, 3.05) is 6.61 Å². The standard InChI is InChI=1S/C24H31N2OSi.3CH3.Sn/c1-4-28(5-2,6-3)19-18-27-20-26-24-15-11-10-14-22(24)23(25-26)17-16-21-12-8-7-9-13-21;;;;/h7-10,12-17H,4-6,18-20H2,1-3H3;3*1H3;. The molecule has 5 heteroatoms. The van der Waals surface area contributed by atoms with Crippen LogP contribution in [0.4, 0.5) is 0 Å². The molecule has 3 aromatic rings. The summed E-state index contributed by atoms with van der Waals surface area (Å²) in [6.45, 7) is 8.47. The van der Waals surface area contributed by atoms with Crippen molar-refractivity contribution in [3.8, 4) is 0 Å². The van der Waals surface area contributed by atoms with Crippen LogP contribution in [-0.2, 0) is 11.5 Å². The number of hydrogen-bond donors (Lipinski definition) is 0. The van der Waals surface area contributed by atoms with Gasteiger partial charge in [-0.25, -0.2) is 0 Å². The Hall–Kier alpha value is -1.37. The Morgan fingerprint density at radius 2 is 1.62 bits per heavy atom. The molecule has 32 heavy (non-hydrogen) atoms. The number of benzene rings is 2. The molecule has 1 heterocycles. The number of nitrogens with zero attached hydrogens (tertiary/aromatic N) is 2. The second-order valence-electron chi connectivity index (χ2n) is 9.96. The van der Waals surface area contributed by atoms with Gasteiger partial charge in [0.25, 0.3) is 0 Å². The molecule has 3 nitrogen and oxygen atoms in total. The maximum absolute atomic E-state index is 6.22. The van der Waals surface area contributed by atoms with Gasteiger partial charge in [0.2, 0.25) is 0 Å². The Morgan fingerprint density at radius 1 is 0.938 bits per heavy atom. The normalized spacial score (nSPS) is 12.8. The molecule has 0 aliphatic heterocycles. The van der Waals surface area contributed by atoms with Crippen molar-refractivity contribution < 1.29 is 4.74 Å². The Kier molecular flexibility index (Phi) is 8.81. The Bertz CT molecular complexity index is 1020. The van der Waals surface area contributed by atoms with Gasteiger partial charge < -0.3 is 0 Å². The molecule has 3 rings (SSSR count). The molecule has 1 aromatic heterocycles. The summed E-state index contributed by atoms with van der Waals surface area (Å²) in [6, 6.07) is 22.7. The molecule has 172 valence electrons. The summed E-state index contributed by atoms with van der Waals surface area (Å²) in [5.74, 6) is 0. The number of rotatable bonds is 11. The van der Waals surface area contributed by atoms with Crippen LogP contribution in [0.25, 0.3) is 23.1 Å². The first-order valence-electron chi connectivity index (χ1n) is 12.1. The van der Waals surface area contributed by atoms with Crippen LogP contribution in [0.3, 0.4) is 0 Å². The molecule has 0 bridgehead atoms. The van der Waals surface area contributed by atoms with E-state index < -0.39 is 26.5 Å². The summed E-state index contributed by atoms with van der Waals surface area (Å²) in [5, 5.41) is 6.17. The van der Waals surface area contributed by atoms with E-state index in [0.717, 1.165) is 12.3 Å². The molecular formula is C27H40N2OSiSn. The fourth-order valence-corrected chi connectivity index (χ4v) is 10.8. The van der Waals surface area contributed by atoms with Gasteiger partial charge >= 0.3 is 200 Å². The van der Waals surface area contributed by atoms with Crippen LogP contribution in [0.2, 0.25) is 39.0 Å². The predicted octanol–water partition coefficient (Wildman–Crippen LogP) is 7.23. The molecule has 0 saturated carbocycles. The van der Waals surface area contributed by atoms with E-state index in [4.69, 9.17) is 9.84 Å². The number of ether oxygens (including phenoxy) is 1. The van der Waals surface area contributed by atoms with E-state index >= 15 is 0 Å². The third-order valence-electron chi connectivity index (χ3n) is 7.12. The zero-order chi connectivity index (χ0) is 23.2. The van der Waals surface area contributed by atoms with Crippen molar-refractivity contribution in [1.82, 2.24) is 9.78 Å². The van der Waals surface area contributed by atoms with E-state index in [1.54, 1.807) is 0 Å². The minimum atomic E-state index is -2.18. The number of fused-ring (bicyclic) bond motifs is 1. The molecule has 0 amide bonds. The molecule has 0 saturated heterocycles. The fourth-order valence-electron chi connectivity index (χ4n) is 4.35. The first-order valence-corrected chi connectivity index (χ1v) is 25.0. The molecule has 0 spiro atoms. The van der Waals surface area contributed by atoms with Gasteiger partial charge in [-0.3, -0.25) is 0 Å². The Labute approximate surface area is 199 Å². The van der Waals surface area contributed by atoms with Crippen molar-refractivity contribution in [3.05, 3.63) is 59.8 Å². The second-order valence-corrected chi connectivity index (χ2v) is 30.1.